The van der Waals surface area contributed by atoms with Gasteiger partial charge in [-0.25, -0.2) is 0 Å². The molecule has 3 atom stereocenters. The standard InChI is InChI=1S/C14H16O/c1-2-12(15)14-11-8-7-9-5-3-4-6-10(9)13(11)14/h3-6,11,13-14H,2,7-8H2,1H3. The molecule has 0 aromatic heterocycles. The van der Waals surface area contributed by atoms with Crippen LogP contribution < -0.4 is 0 Å². The summed E-state index contributed by atoms with van der Waals surface area (Å²) in [4.78, 5) is 11.8. The van der Waals surface area contributed by atoms with Gasteiger partial charge in [0, 0.05) is 12.3 Å². The zero-order valence-corrected chi connectivity index (χ0v) is 9.07. The Balaban J connectivity index is 1.93. The average Bonchev–Trinajstić information content (AvgIpc) is 3.02. The maximum atomic E-state index is 11.8. The van der Waals surface area contributed by atoms with Crippen LogP contribution in [0.15, 0.2) is 24.3 Å². The Hall–Kier alpha value is -1.11. The van der Waals surface area contributed by atoms with Gasteiger partial charge in [0.05, 0.1) is 0 Å². The monoisotopic (exact) mass is 200 g/mol. The summed E-state index contributed by atoms with van der Waals surface area (Å²) >= 11 is 0. The second-order valence-corrected chi connectivity index (χ2v) is 4.77. The van der Waals surface area contributed by atoms with Gasteiger partial charge in [0.1, 0.15) is 5.78 Å². The first-order chi connectivity index (χ1) is 7.33. The molecule has 1 heteroatoms. The third-order valence-corrected chi connectivity index (χ3v) is 4.05. The zero-order valence-electron chi connectivity index (χ0n) is 9.07. The predicted octanol–water partition coefficient (Wildman–Crippen LogP) is 2.94. The molecule has 0 aliphatic heterocycles. The van der Waals surface area contributed by atoms with Crippen molar-refractivity contribution in [2.75, 3.05) is 0 Å². The number of hydrogen-bond donors (Lipinski definition) is 0. The van der Waals surface area contributed by atoms with Crippen molar-refractivity contribution >= 4 is 5.78 Å². The number of ketones is 1. The van der Waals surface area contributed by atoms with E-state index in [1.807, 2.05) is 6.92 Å². The summed E-state index contributed by atoms with van der Waals surface area (Å²) in [5, 5.41) is 0. The third kappa shape index (κ3) is 1.26. The van der Waals surface area contributed by atoms with Crippen LogP contribution in [-0.4, -0.2) is 5.78 Å². The van der Waals surface area contributed by atoms with E-state index in [0.717, 1.165) is 0 Å². The minimum Gasteiger partial charge on any atom is -0.299 e. The number of carbonyl (C=O) groups excluding carboxylic acids is 1. The maximum Gasteiger partial charge on any atom is 0.136 e. The van der Waals surface area contributed by atoms with Crippen molar-refractivity contribution in [1.82, 2.24) is 0 Å². The molecule has 0 radical (unpaired) electrons. The molecule has 0 N–H and O–H groups in total. The molecule has 2 aliphatic carbocycles. The van der Waals surface area contributed by atoms with Gasteiger partial charge >= 0.3 is 0 Å². The lowest BCUT2D eigenvalue weighted by Crippen LogP contribution is -2.00. The molecule has 0 amide bonds. The van der Waals surface area contributed by atoms with Crippen molar-refractivity contribution in [3.05, 3.63) is 35.4 Å². The summed E-state index contributed by atoms with van der Waals surface area (Å²) in [6.45, 7) is 1.98. The average molecular weight is 200 g/mol. The molecule has 0 bridgehead atoms. The van der Waals surface area contributed by atoms with E-state index < -0.39 is 0 Å². The van der Waals surface area contributed by atoms with E-state index in [1.54, 1.807) is 0 Å². The number of rotatable bonds is 2. The molecule has 0 saturated heterocycles. The predicted molar refractivity (Wildman–Crippen MR) is 59.8 cm³/mol. The fourth-order valence-corrected chi connectivity index (χ4v) is 3.24. The molecule has 3 rings (SSSR count). The van der Waals surface area contributed by atoms with Crippen molar-refractivity contribution in [3.63, 3.8) is 0 Å². The fraction of sp³-hybridized carbons (Fsp3) is 0.500. The van der Waals surface area contributed by atoms with Crippen LogP contribution in [0.3, 0.4) is 0 Å². The topological polar surface area (TPSA) is 17.1 Å². The van der Waals surface area contributed by atoms with Crippen molar-refractivity contribution in [2.24, 2.45) is 11.8 Å². The minimum atomic E-state index is 0.360. The normalized spacial score (nSPS) is 31.7. The van der Waals surface area contributed by atoms with Crippen LogP contribution in [0.1, 0.15) is 36.8 Å². The van der Waals surface area contributed by atoms with Gasteiger partial charge in [0.15, 0.2) is 0 Å². The summed E-state index contributed by atoms with van der Waals surface area (Å²) in [7, 11) is 0. The number of aryl methyl sites for hydroxylation is 1. The Labute approximate surface area is 90.5 Å². The molecule has 15 heavy (non-hydrogen) atoms. The second kappa shape index (κ2) is 3.19. The molecule has 2 aliphatic rings. The smallest absolute Gasteiger partial charge is 0.136 e. The molecule has 3 unspecified atom stereocenters. The number of hydrogen-bond acceptors (Lipinski definition) is 1. The van der Waals surface area contributed by atoms with E-state index in [9.17, 15) is 4.79 Å². The van der Waals surface area contributed by atoms with E-state index in [-0.39, 0.29) is 0 Å². The van der Waals surface area contributed by atoms with E-state index in [2.05, 4.69) is 24.3 Å². The van der Waals surface area contributed by atoms with Crippen molar-refractivity contribution in [3.8, 4) is 0 Å². The Kier molecular flexibility index (Phi) is 1.95. The Morgan fingerprint density at radius 1 is 1.40 bits per heavy atom. The number of Topliss-reactive ketones (excluding diaryl/α,β-unsaturated/α-hetero) is 1. The molecule has 1 aromatic rings. The van der Waals surface area contributed by atoms with Gasteiger partial charge in [0.25, 0.3) is 0 Å². The molecule has 1 saturated carbocycles. The highest BCUT2D eigenvalue weighted by molar-refractivity contribution is 5.85. The zero-order chi connectivity index (χ0) is 10.4. The lowest BCUT2D eigenvalue weighted by molar-refractivity contribution is -0.120. The summed E-state index contributed by atoms with van der Waals surface area (Å²) in [5.74, 6) is 2.08. The van der Waals surface area contributed by atoms with E-state index >= 15 is 0 Å². The molecule has 78 valence electrons. The van der Waals surface area contributed by atoms with Gasteiger partial charge in [-0.1, -0.05) is 31.2 Å². The SMILES string of the molecule is CCC(=O)C1C2CCc3ccccc3C21. The number of benzene rings is 1. The van der Waals surface area contributed by atoms with Crippen molar-refractivity contribution < 1.29 is 4.79 Å². The van der Waals surface area contributed by atoms with E-state index in [0.29, 0.717) is 30.0 Å². The summed E-state index contributed by atoms with van der Waals surface area (Å²) in [6.07, 6.45) is 3.10. The van der Waals surface area contributed by atoms with Gasteiger partial charge in [-0.15, -0.1) is 0 Å². The first-order valence-corrected chi connectivity index (χ1v) is 5.93. The summed E-state index contributed by atoms with van der Waals surface area (Å²) in [6, 6.07) is 8.65. The quantitative estimate of drug-likeness (QED) is 0.717. The van der Waals surface area contributed by atoms with Crippen LogP contribution in [0.25, 0.3) is 0 Å². The first kappa shape index (κ1) is 9.14. The van der Waals surface area contributed by atoms with Crippen LogP contribution in [0, 0.1) is 11.8 Å². The second-order valence-electron chi connectivity index (χ2n) is 4.77. The lowest BCUT2D eigenvalue weighted by Gasteiger charge is -2.13. The van der Waals surface area contributed by atoms with Crippen LogP contribution in [-0.2, 0) is 11.2 Å². The maximum absolute atomic E-state index is 11.8. The van der Waals surface area contributed by atoms with Crippen LogP contribution in [0.2, 0.25) is 0 Å². The number of fused-ring (bicyclic) bond motifs is 3. The highest BCUT2D eigenvalue weighted by atomic mass is 16.1. The largest absolute Gasteiger partial charge is 0.299 e. The first-order valence-electron chi connectivity index (χ1n) is 5.93. The van der Waals surface area contributed by atoms with Gasteiger partial charge in [-0.2, -0.15) is 0 Å². The Morgan fingerprint density at radius 2 is 2.20 bits per heavy atom. The molecule has 0 heterocycles. The lowest BCUT2D eigenvalue weighted by atomic mass is 9.92. The van der Waals surface area contributed by atoms with Crippen LogP contribution >= 0.6 is 0 Å². The number of carbonyl (C=O) groups is 1. The Morgan fingerprint density at radius 3 is 3.00 bits per heavy atom. The molecular weight excluding hydrogens is 184 g/mol. The molecule has 1 fully saturated rings. The Bertz CT molecular complexity index is 408. The molecule has 0 spiro atoms. The third-order valence-electron chi connectivity index (χ3n) is 4.05. The van der Waals surface area contributed by atoms with Gasteiger partial charge in [0.2, 0.25) is 0 Å². The molecular formula is C14H16O. The fourth-order valence-electron chi connectivity index (χ4n) is 3.24. The van der Waals surface area contributed by atoms with Crippen molar-refractivity contribution in [1.29, 1.82) is 0 Å². The van der Waals surface area contributed by atoms with Gasteiger partial charge in [-0.3, -0.25) is 4.79 Å². The van der Waals surface area contributed by atoms with Crippen molar-refractivity contribution in [2.45, 2.75) is 32.1 Å². The summed E-state index contributed by atoms with van der Waals surface area (Å²) < 4.78 is 0. The van der Waals surface area contributed by atoms with E-state index in [1.165, 1.54) is 24.0 Å². The molecule has 1 nitrogen and oxygen atoms in total. The minimum absolute atomic E-state index is 0.360. The van der Waals surface area contributed by atoms with Gasteiger partial charge in [-0.05, 0) is 35.8 Å². The van der Waals surface area contributed by atoms with Crippen LogP contribution in [0.4, 0.5) is 0 Å². The highest BCUT2D eigenvalue weighted by Gasteiger charge is 2.55. The van der Waals surface area contributed by atoms with Gasteiger partial charge < -0.3 is 0 Å². The molecule has 1 aromatic carbocycles. The highest BCUT2D eigenvalue weighted by Crippen LogP contribution is 2.60. The van der Waals surface area contributed by atoms with Crippen LogP contribution in [0.5, 0.6) is 0 Å². The van der Waals surface area contributed by atoms with E-state index in [4.69, 9.17) is 0 Å². The summed E-state index contributed by atoms with van der Waals surface area (Å²) in [5.41, 5.74) is 2.94.